The Hall–Kier alpha value is 0.319. The summed E-state index contributed by atoms with van der Waals surface area (Å²) in [6.07, 6.45) is -4.54. The van der Waals surface area contributed by atoms with Crippen molar-refractivity contribution in [1.29, 1.82) is 0 Å². The Balaban J connectivity index is 0.00000121. The van der Waals surface area contributed by atoms with E-state index in [0.29, 0.717) is 0 Å². The fraction of sp³-hybridized carbons (Fsp3) is 0.833. The van der Waals surface area contributed by atoms with E-state index in [4.69, 9.17) is 20.4 Å². The van der Waals surface area contributed by atoms with Crippen molar-refractivity contribution in [3.05, 3.63) is 6.61 Å². The van der Waals surface area contributed by atoms with Gasteiger partial charge in [0.2, 0.25) is 0 Å². The number of aliphatic hydroxyl groups is 4. The Morgan fingerprint density at radius 2 is 1.75 bits per heavy atom. The number of rotatable bonds is 1. The van der Waals surface area contributed by atoms with E-state index in [1.807, 2.05) is 0 Å². The summed E-state index contributed by atoms with van der Waals surface area (Å²) in [5, 5.41) is 35.6. The minimum absolute atomic E-state index is 0. The molecule has 1 aliphatic heterocycles. The van der Waals surface area contributed by atoms with Crippen molar-refractivity contribution < 1.29 is 25.2 Å². The first-order valence-corrected chi connectivity index (χ1v) is 3.30. The third-order valence-corrected chi connectivity index (χ3v) is 1.65. The minimum atomic E-state index is -1.28. The van der Waals surface area contributed by atoms with Gasteiger partial charge >= 0.3 is 17.1 Å². The van der Waals surface area contributed by atoms with Gasteiger partial charge in [0.1, 0.15) is 31.0 Å². The molecule has 0 aromatic rings. The van der Waals surface area contributed by atoms with Crippen molar-refractivity contribution in [2.45, 2.75) is 24.4 Å². The summed E-state index contributed by atoms with van der Waals surface area (Å²) < 4.78 is 4.69. The molecule has 6 heteroatoms. The summed E-state index contributed by atoms with van der Waals surface area (Å²) in [6.45, 7) is 0.611. The van der Waals surface area contributed by atoms with Crippen molar-refractivity contribution in [3.8, 4) is 0 Å². The molecule has 1 radical (unpaired) electrons. The molecule has 0 aromatic heterocycles. The molecule has 4 atom stereocenters. The van der Waals surface area contributed by atoms with Crippen LogP contribution in [0.25, 0.3) is 0 Å². The van der Waals surface area contributed by atoms with Crippen LogP contribution < -0.4 is 0 Å². The Labute approximate surface area is 80.4 Å². The standard InChI is InChI=1S/C6H11O5.H2Se/c7-1-4-6(10)5(9)3(8)2-11-4;/h2-10H,1H2;1H2/t3-,4+,5+,6+;/m0./s1. The van der Waals surface area contributed by atoms with Crippen LogP contribution in [-0.2, 0) is 4.74 Å². The van der Waals surface area contributed by atoms with Gasteiger partial charge in [0.05, 0.1) is 6.61 Å². The van der Waals surface area contributed by atoms with Gasteiger partial charge in [0.25, 0.3) is 0 Å². The molecule has 0 unspecified atom stereocenters. The van der Waals surface area contributed by atoms with Crippen LogP contribution in [0, 0.1) is 6.61 Å². The molecule has 1 saturated heterocycles. The predicted octanol–water partition coefficient (Wildman–Crippen LogP) is -3.29. The molecule has 1 fully saturated rings. The van der Waals surface area contributed by atoms with Gasteiger partial charge in [-0.15, -0.1) is 0 Å². The summed E-state index contributed by atoms with van der Waals surface area (Å²) in [6, 6.07) is 0. The predicted molar refractivity (Wildman–Crippen MR) is 42.8 cm³/mol. The zero-order valence-corrected chi connectivity index (χ0v) is 8.39. The first-order valence-electron chi connectivity index (χ1n) is 3.30. The summed E-state index contributed by atoms with van der Waals surface area (Å²) in [7, 11) is 0. The molecule has 0 aliphatic carbocycles. The van der Waals surface area contributed by atoms with Gasteiger partial charge in [-0.25, -0.2) is 0 Å². The topological polar surface area (TPSA) is 90.2 Å². The van der Waals surface area contributed by atoms with E-state index in [0.717, 1.165) is 6.61 Å². The van der Waals surface area contributed by atoms with Gasteiger partial charge < -0.3 is 25.2 Å². The van der Waals surface area contributed by atoms with E-state index < -0.39 is 24.4 Å². The molecular weight excluding hydrogens is 231 g/mol. The van der Waals surface area contributed by atoms with Gasteiger partial charge in [0.15, 0.2) is 0 Å². The van der Waals surface area contributed by atoms with Gasteiger partial charge in [-0.05, 0) is 0 Å². The molecule has 0 bridgehead atoms. The number of hydrogen-bond acceptors (Lipinski definition) is 5. The third-order valence-electron chi connectivity index (χ3n) is 1.65. The van der Waals surface area contributed by atoms with E-state index in [9.17, 15) is 0 Å². The van der Waals surface area contributed by atoms with Crippen molar-refractivity contribution in [3.63, 3.8) is 0 Å². The number of ether oxygens (including phenoxy) is 1. The number of hydrogen-bond donors (Lipinski definition) is 4. The van der Waals surface area contributed by atoms with Crippen LogP contribution in [0.1, 0.15) is 0 Å². The molecule has 1 aliphatic rings. The van der Waals surface area contributed by atoms with Crippen LogP contribution in [0.5, 0.6) is 0 Å². The van der Waals surface area contributed by atoms with Gasteiger partial charge in [0, 0.05) is 0 Å². The quantitative estimate of drug-likeness (QED) is 0.363. The molecular formula is C6H13O5Se. The van der Waals surface area contributed by atoms with Crippen molar-refractivity contribution in [1.82, 2.24) is 0 Å². The Morgan fingerprint density at radius 1 is 1.17 bits per heavy atom. The molecule has 1 heterocycles. The summed E-state index contributed by atoms with van der Waals surface area (Å²) >= 11 is 0. The SMILES string of the molecule is OC[C@H]1O[CH][C@H](O)[C@@H](O)[C@@H]1O.[SeH2]. The second-order valence-corrected chi connectivity index (χ2v) is 2.46. The van der Waals surface area contributed by atoms with Crippen molar-refractivity contribution >= 4 is 17.1 Å². The Kier molecular flexibility index (Phi) is 5.27. The third kappa shape index (κ3) is 2.40. The van der Waals surface area contributed by atoms with Crippen molar-refractivity contribution in [2.24, 2.45) is 0 Å². The average Bonchev–Trinajstić information content (AvgIpc) is 2.01. The summed E-state index contributed by atoms with van der Waals surface area (Å²) in [5.74, 6) is 0. The van der Waals surface area contributed by atoms with E-state index in [2.05, 4.69) is 4.74 Å². The number of aliphatic hydroxyl groups excluding tert-OH is 4. The van der Waals surface area contributed by atoms with Gasteiger partial charge in [-0.2, -0.15) is 0 Å². The molecule has 5 nitrogen and oxygen atoms in total. The van der Waals surface area contributed by atoms with Crippen LogP contribution in [0.3, 0.4) is 0 Å². The zero-order chi connectivity index (χ0) is 8.43. The maximum atomic E-state index is 9.09. The molecule has 0 amide bonds. The van der Waals surface area contributed by atoms with E-state index in [1.54, 1.807) is 0 Å². The van der Waals surface area contributed by atoms with E-state index in [1.165, 1.54) is 0 Å². The van der Waals surface area contributed by atoms with Crippen LogP contribution in [0.15, 0.2) is 0 Å². The van der Waals surface area contributed by atoms with Gasteiger partial charge in [-0.1, -0.05) is 0 Å². The molecule has 4 N–H and O–H groups in total. The summed E-state index contributed by atoms with van der Waals surface area (Å²) in [4.78, 5) is 0. The molecule has 73 valence electrons. The van der Waals surface area contributed by atoms with Crippen LogP contribution in [0.2, 0.25) is 0 Å². The Morgan fingerprint density at radius 3 is 2.25 bits per heavy atom. The van der Waals surface area contributed by atoms with Crippen LogP contribution in [-0.4, -0.2) is 68.5 Å². The van der Waals surface area contributed by atoms with E-state index >= 15 is 0 Å². The maximum absolute atomic E-state index is 9.09. The van der Waals surface area contributed by atoms with Crippen LogP contribution in [0.4, 0.5) is 0 Å². The normalized spacial score (nSPS) is 42.0. The van der Waals surface area contributed by atoms with Crippen molar-refractivity contribution in [2.75, 3.05) is 6.61 Å². The molecule has 1 rings (SSSR count). The van der Waals surface area contributed by atoms with E-state index in [-0.39, 0.29) is 23.7 Å². The second kappa shape index (κ2) is 5.14. The molecule has 0 saturated carbocycles. The molecule has 12 heavy (non-hydrogen) atoms. The average molecular weight is 244 g/mol. The molecule has 0 spiro atoms. The zero-order valence-electron chi connectivity index (χ0n) is 6.29. The summed E-state index contributed by atoms with van der Waals surface area (Å²) in [5.41, 5.74) is 0. The van der Waals surface area contributed by atoms with Gasteiger partial charge in [-0.3, -0.25) is 0 Å². The first-order chi connectivity index (χ1) is 5.16. The second-order valence-electron chi connectivity index (χ2n) is 2.46. The fourth-order valence-corrected chi connectivity index (χ4v) is 0.915. The monoisotopic (exact) mass is 245 g/mol. The fourth-order valence-electron chi connectivity index (χ4n) is 0.915. The molecule has 0 aromatic carbocycles. The van der Waals surface area contributed by atoms with Crippen LogP contribution >= 0.6 is 0 Å². The Bertz CT molecular complexity index is 131. The first kappa shape index (κ1) is 12.3.